The van der Waals surface area contributed by atoms with Gasteiger partial charge >= 0.3 is 0 Å². The van der Waals surface area contributed by atoms with Gasteiger partial charge in [0.15, 0.2) is 0 Å². The summed E-state index contributed by atoms with van der Waals surface area (Å²) in [6, 6.07) is 14.6. The third-order valence-electron chi connectivity index (χ3n) is 5.30. The zero-order valence-electron chi connectivity index (χ0n) is 15.7. The number of carbonyl (C=O) groups excluding carboxylic acids is 1. The highest BCUT2D eigenvalue weighted by atomic mass is 19.1. The average molecular weight is 379 g/mol. The van der Waals surface area contributed by atoms with Crippen LogP contribution in [0.1, 0.15) is 28.9 Å². The van der Waals surface area contributed by atoms with E-state index >= 15 is 4.39 Å². The minimum absolute atomic E-state index is 0.165. The van der Waals surface area contributed by atoms with E-state index in [9.17, 15) is 4.79 Å². The van der Waals surface area contributed by atoms with Crippen molar-refractivity contribution in [2.45, 2.75) is 18.5 Å². The van der Waals surface area contributed by atoms with Gasteiger partial charge in [-0.25, -0.2) is 4.39 Å². The van der Waals surface area contributed by atoms with Crippen LogP contribution in [0.3, 0.4) is 0 Å². The summed E-state index contributed by atoms with van der Waals surface area (Å²) in [5.74, 6) is 0.473. The molecule has 28 heavy (non-hydrogen) atoms. The van der Waals surface area contributed by atoms with Gasteiger partial charge in [-0.15, -0.1) is 0 Å². The molecule has 0 atom stereocenters. The number of amides is 1. The van der Waals surface area contributed by atoms with E-state index in [0.717, 1.165) is 5.69 Å². The first-order valence-corrected chi connectivity index (χ1v) is 9.31. The van der Waals surface area contributed by atoms with Crippen LogP contribution in [0.4, 0.5) is 4.39 Å². The fourth-order valence-corrected chi connectivity index (χ4v) is 3.62. The van der Waals surface area contributed by atoms with Crippen LogP contribution in [0, 0.1) is 0 Å². The number of aromatic nitrogens is 2. The molecular formula is C22H22FN3O2. The van der Waals surface area contributed by atoms with Crippen molar-refractivity contribution in [3.63, 3.8) is 0 Å². The summed E-state index contributed by atoms with van der Waals surface area (Å²) < 4.78 is 22.6. The van der Waals surface area contributed by atoms with Crippen LogP contribution in [0.15, 0.2) is 67.1 Å². The zero-order valence-corrected chi connectivity index (χ0v) is 15.7. The molecule has 1 fully saturated rings. The number of methoxy groups -OCH3 is 1. The molecule has 0 aliphatic carbocycles. The van der Waals surface area contributed by atoms with Gasteiger partial charge in [-0.2, -0.15) is 0 Å². The van der Waals surface area contributed by atoms with Gasteiger partial charge < -0.3 is 14.2 Å². The number of benzene rings is 1. The van der Waals surface area contributed by atoms with E-state index in [2.05, 4.69) is 4.98 Å². The molecule has 4 rings (SSSR count). The molecular weight excluding hydrogens is 357 g/mol. The van der Waals surface area contributed by atoms with Crippen molar-refractivity contribution in [1.82, 2.24) is 14.5 Å². The second kappa shape index (κ2) is 7.46. The molecule has 3 heterocycles. The van der Waals surface area contributed by atoms with Crippen molar-refractivity contribution < 1.29 is 13.9 Å². The van der Waals surface area contributed by atoms with E-state index in [1.165, 1.54) is 0 Å². The van der Waals surface area contributed by atoms with E-state index in [1.54, 1.807) is 48.5 Å². The first kappa shape index (κ1) is 18.2. The highest BCUT2D eigenvalue weighted by molar-refractivity contribution is 5.92. The summed E-state index contributed by atoms with van der Waals surface area (Å²) in [4.78, 5) is 18.8. The molecule has 1 aliphatic heterocycles. The molecule has 0 spiro atoms. The molecule has 0 unspecified atom stereocenters. The maximum absolute atomic E-state index is 15.5. The highest BCUT2D eigenvalue weighted by Crippen LogP contribution is 2.38. The Labute approximate surface area is 163 Å². The molecule has 1 aliphatic rings. The van der Waals surface area contributed by atoms with E-state index in [1.807, 2.05) is 35.2 Å². The number of pyridine rings is 1. The van der Waals surface area contributed by atoms with E-state index in [-0.39, 0.29) is 18.7 Å². The normalized spacial score (nSPS) is 16.0. The number of hydrogen-bond acceptors (Lipinski definition) is 3. The zero-order chi connectivity index (χ0) is 19.6. The van der Waals surface area contributed by atoms with Crippen LogP contribution in [0.5, 0.6) is 5.75 Å². The predicted octanol–water partition coefficient (Wildman–Crippen LogP) is 3.98. The third kappa shape index (κ3) is 3.50. The molecule has 0 radical (unpaired) electrons. The number of nitrogens with zero attached hydrogens (tertiary/aromatic N) is 3. The molecule has 144 valence electrons. The Morgan fingerprint density at radius 2 is 1.86 bits per heavy atom. The molecule has 0 N–H and O–H groups in total. The summed E-state index contributed by atoms with van der Waals surface area (Å²) in [7, 11) is 1.57. The van der Waals surface area contributed by atoms with Gasteiger partial charge in [0.25, 0.3) is 5.91 Å². The number of piperidine rings is 1. The minimum atomic E-state index is -1.45. The van der Waals surface area contributed by atoms with E-state index in [4.69, 9.17) is 4.74 Å². The Morgan fingerprint density at radius 3 is 2.57 bits per heavy atom. The lowest BCUT2D eigenvalue weighted by atomic mass is 9.86. The van der Waals surface area contributed by atoms with Gasteiger partial charge in [0.05, 0.1) is 7.11 Å². The summed E-state index contributed by atoms with van der Waals surface area (Å²) in [6.07, 6.45) is 5.96. The Kier molecular flexibility index (Phi) is 4.86. The topological polar surface area (TPSA) is 47.4 Å². The smallest absolute Gasteiger partial charge is 0.272 e. The molecule has 5 nitrogen and oxygen atoms in total. The van der Waals surface area contributed by atoms with Crippen LogP contribution in [-0.2, 0) is 5.67 Å². The molecule has 2 aromatic heterocycles. The van der Waals surface area contributed by atoms with Crippen LogP contribution >= 0.6 is 0 Å². The van der Waals surface area contributed by atoms with Gasteiger partial charge in [-0.1, -0.05) is 12.1 Å². The maximum atomic E-state index is 15.5. The van der Waals surface area contributed by atoms with Crippen molar-refractivity contribution in [2.75, 3.05) is 20.2 Å². The number of hydrogen-bond donors (Lipinski definition) is 0. The molecule has 1 saturated heterocycles. The standard InChI is InChI=1S/C22H22FN3O2/c1-28-19-6-4-5-17(15-19)22(23)8-13-26(14-9-22)21(27)20-16-18(7-10-24-20)25-11-2-3-12-25/h2-7,10-12,15-16H,8-9,13-14H2,1H3. The minimum Gasteiger partial charge on any atom is -0.497 e. The lowest BCUT2D eigenvalue weighted by Gasteiger charge is -2.36. The average Bonchev–Trinajstić information content (AvgIpc) is 3.29. The third-order valence-corrected chi connectivity index (χ3v) is 5.30. The van der Waals surface area contributed by atoms with Crippen molar-refractivity contribution in [1.29, 1.82) is 0 Å². The first-order valence-electron chi connectivity index (χ1n) is 9.31. The summed E-state index contributed by atoms with van der Waals surface area (Å²) in [6.45, 7) is 0.698. The number of likely N-dealkylation sites (tertiary alicyclic amines) is 1. The highest BCUT2D eigenvalue weighted by Gasteiger charge is 2.38. The number of halogens is 1. The van der Waals surface area contributed by atoms with Crippen LogP contribution in [0.25, 0.3) is 5.69 Å². The Bertz CT molecular complexity index is 963. The van der Waals surface area contributed by atoms with Gasteiger partial charge in [0.1, 0.15) is 17.1 Å². The summed E-state index contributed by atoms with van der Waals surface area (Å²) >= 11 is 0. The summed E-state index contributed by atoms with van der Waals surface area (Å²) in [5.41, 5.74) is 0.397. The second-order valence-corrected chi connectivity index (χ2v) is 6.98. The monoisotopic (exact) mass is 379 g/mol. The lowest BCUT2D eigenvalue weighted by molar-refractivity contribution is 0.0416. The Hall–Kier alpha value is -3.15. The van der Waals surface area contributed by atoms with Gasteiger partial charge in [0, 0.05) is 50.2 Å². The SMILES string of the molecule is COc1cccc(C2(F)CCN(C(=O)c3cc(-n4cccc4)ccn3)CC2)c1. The maximum Gasteiger partial charge on any atom is 0.272 e. The van der Waals surface area contributed by atoms with Crippen molar-refractivity contribution in [2.24, 2.45) is 0 Å². The Morgan fingerprint density at radius 1 is 1.11 bits per heavy atom. The number of carbonyl (C=O) groups is 1. The first-order chi connectivity index (χ1) is 13.6. The van der Waals surface area contributed by atoms with Crippen LogP contribution in [0.2, 0.25) is 0 Å². The molecule has 0 bridgehead atoms. The largest absolute Gasteiger partial charge is 0.497 e. The molecule has 1 aromatic carbocycles. The van der Waals surface area contributed by atoms with Crippen LogP contribution in [-0.4, -0.2) is 40.6 Å². The number of rotatable bonds is 4. The predicted molar refractivity (Wildman–Crippen MR) is 104 cm³/mol. The van der Waals surface area contributed by atoms with Crippen LogP contribution < -0.4 is 4.74 Å². The quantitative estimate of drug-likeness (QED) is 0.689. The Balaban J connectivity index is 1.48. The molecule has 1 amide bonds. The van der Waals surface area contributed by atoms with E-state index in [0.29, 0.717) is 30.1 Å². The fraction of sp³-hybridized carbons (Fsp3) is 0.273. The van der Waals surface area contributed by atoms with Gasteiger partial charge in [-0.3, -0.25) is 9.78 Å². The number of ether oxygens (including phenoxy) is 1. The number of alkyl halides is 1. The van der Waals surface area contributed by atoms with Gasteiger partial charge in [0.2, 0.25) is 0 Å². The molecule has 0 saturated carbocycles. The van der Waals surface area contributed by atoms with Crippen molar-refractivity contribution in [3.8, 4) is 11.4 Å². The molecule has 3 aromatic rings. The van der Waals surface area contributed by atoms with Gasteiger partial charge in [-0.05, 0) is 42.0 Å². The van der Waals surface area contributed by atoms with Crippen molar-refractivity contribution >= 4 is 5.91 Å². The van der Waals surface area contributed by atoms with E-state index < -0.39 is 5.67 Å². The summed E-state index contributed by atoms with van der Waals surface area (Å²) in [5, 5.41) is 0. The lowest BCUT2D eigenvalue weighted by Crippen LogP contribution is -2.43. The molecule has 6 heteroatoms. The fourth-order valence-electron chi connectivity index (χ4n) is 3.62. The van der Waals surface area contributed by atoms with Crippen molar-refractivity contribution in [3.05, 3.63) is 78.4 Å². The second-order valence-electron chi connectivity index (χ2n) is 6.98.